The minimum absolute atomic E-state index is 0.137. The van der Waals surface area contributed by atoms with Crippen LogP contribution in [0.3, 0.4) is 0 Å². The zero-order valence-electron chi connectivity index (χ0n) is 11.0. The zero-order chi connectivity index (χ0) is 12.8. The second kappa shape index (κ2) is 7.15. The minimum atomic E-state index is -0.137. The van der Waals surface area contributed by atoms with Gasteiger partial charge in [-0.25, -0.2) is 4.39 Å². The Morgan fingerprint density at radius 3 is 3.06 bits per heavy atom. The number of hydrogen-bond donors (Lipinski definition) is 1. The third kappa shape index (κ3) is 4.62. The highest BCUT2D eigenvalue weighted by molar-refractivity contribution is 7.99. The largest absolute Gasteiger partial charge is 0.313 e. The molecule has 1 aromatic carbocycles. The van der Waals surface area contributed by atoms with Crippen molar-refractivity contribution in [1.82, 2.24) is 5.32 Å². The molecule has 2 unspecified atom stereocenters. The van der Waals surface area contributed by atoms with Gasteiger partial charge in [0, 0.05) is 17.8 Å². The molecule has 2 atom stereocenters. The summed E-state index contributed by atoms with van der Waals surface area (Å²) in [5.74, 6) is 1.17. The number of nitrogens with one attached hydrogen (secondary N) is 1. The standard InChI is InChI=1S/C15H22FNS/c1-12(9-13-5-4-6-14(16)10-13)17-11-15-7-2-3-8-18-15/h4-6,10,12,15,17H,2-3,7-9,11H2,1H3. The Labute approximate surface area is 114 Å². The molecule has 1 fully saturated rings. The normalized spacial score (nSPS) is 21.8. The zero-order valence-corrected chi connectivity index (χ0v) is 11.8. The van der Waals surface area contributed by atoms with E-state index in [0.717, 1.165) is 23.8 Å². The Bertz CT molecular complexity index is 363. The van der Waals surface area contributed by atoms with Crippen molar-refractivity contribution in [2.75, 3.05) is 12.3 Å². The van der Waals surface area contributed by atoms with E-state index in [4.69, 9.17) is 0 Å². The molecule has 1 aliphatic rings. The molecule has 18 heavy (non-hydrogen) atoms. The first kappa shape index (κ1) is 13.9. The van der Waals surface area contributed by atoms with Gasteiger partial charge in [-0.1, -0.05) is 18.6 Å². The molecule has 1 aromatic rings. The predicted molar refractivity (Wildman–Crippen MR) is 77.7 cm³/mol. The van der Waals surface area contributed by atoms with E-state index >= 15 is 0 Å². The summed E-state index contributed by atoms with van der Waals surface area (Å²) in [5, 5.41) is 4.35. The van der Waals surface area contributed by atoms with Gasteiger partial charge in [0.15, 0.2) is 0 Å². The van der Waals surface area contributed by atoms with Crippen molar-refractivity contribution in [3.8, 4) is 0 Å². The Hall–Kier alpha value is -0.540. The highest BCUT2D eigenvalue weighted by atomic mass is 32.2. The van der Waals surface area contributed by atoms with Crippen molar-refractivity contribution >= 4 is 11.8 Å². The van der Waals surface area contributed by atoms with Gasteiger partial charge in [-0.15, -0.1) is 0 Å². The predicted octanol–water partition coefficient (Wildman–Crippen LogP) is 3.63. The van der Waals surface area contributed by atoms with E-state index in [0.29, 0.717) is 6.04 Å². The highest BCUT2D eigenvalue weighted by Crippen LogP contribution is 2.24. The van der Waals surface area contributed by atoms with Crippen molar-refractivity contribution in [3.63, 3.8) is 0 Å². The summed E-state index contributed by atoms with van der Waals surface area (Å²) in [5.41, 5.74) is 1.08. The first-order chi connectivity index (χ1) is 8.74. The molecule has 0 aromatic heterocycles. The summed E-state index contributed by atoms with van der Waals surface area (Å²) < 4.78 is 13.1. The van der Waals surface area contributed by atoms with Gasteiger partial charge in [-0.3, -0.25) is 0 Å². The Balaban J connectivity index is 1.72. The van der Waals surface area contributed by atoms with Gasteiger partial charge in [0.1, 0.15) is 5.82 Å². The average Bonchev–Trinajstić information content (AvgIpc) is 2.38. The lowest BCUT2D eigenvalue weighted by Crippen LogP contribution is -2.34. The molecule has 1 N–H and O–H groups in total. The van der Waals surface area contributed by atoms with Crippen LogP contribution in [0.25, 0.3) is 0 Å². The van der Waals surface area contributed by atoms with Gasteiger partial charge in [-0.05, 0) is 49.6 Å². The first-order valence-corrected chi connectivity index (χ1v) is 7.88. The van der Waals surface area contributed by atoms with Crippen LogP contribution in [0, 0.1) is 5.82 Å². The fourth-order valence-corrected chi connectivity index (χ4v) is 3.64. The van der Waals surface area contributed by atoms with Crippen LogP contribution in [-0.2, 0) is 6.42 Å². The monoisotopic (exact) mass is 267 g/mol. The minimum Gasteiger partial charge on any atom is -0.313 e. The van der Waals surface area contributed by atoms with Crippen molar-refractivity contribution < 1.29 is 4.39 Å². The van der Waals surface area contributed by atoms with Crippen LogP contribution in [-0.4, -0.2) is 23.6 Å². The van der Waals surface area contributed by atoms with Crippen molar-refractivity contribution in [2.24, 2.45) is 0 Å². The number of benzene rings is 1. The fraction of sp³-hybridized carbons (Fsp3) is 0.600. The molecular formula is C15H22FNS. The highest BCUT2D eigenvalue weighted by Gasteiger charge is 2.14. The molecule has 1 saturated heterocycles. The smallest absolute Gasteiger partial charge is 0.123 e. The maximum atomic E-state index is 13.1. The maximum absolute atomic E-state index is 13.1. The lowest BCUT2D eigenvalue weighted by Gasteiger charge is -2.23. The van der Waals surface area contributed by atoms with E-state index in [2.05, 4.69) is 24.0 Å². The number of hydrogen-bond acceptors (Lipinski definition) is 2. The van der Waals surface area contributed by atoms with Gasteiger partial charge < -0.3 is 5.32 Å². The SMILES string of the molecule is CC(Cc1cccc(F)c1)NCC1CCCCS1. The van der Waals surface area contributed by atoms with Crippen LogP contribution < -0.4 is 5.32 Å². The quantitative estimate of drug-likeness (QED) is 0.874. The van der Waals surface area contributed by atoms with E-state index < -0.39 is 0 Å². The molecule has 1 nitrogen and oxygen atoms in total. The fourth-order valence-electron chi connectivity index (χ4n) is 2.39. The molecule has 0 saturated carbocycles. The third-order valence-electron chi connectivity index (χ3n) is 3.40. The Morgan fingerprint density at radius 1 is 1.44 bits per heavy atom. The van der Waals surface area contributed by atoms with Crippen LogP contribution in [0.2, 0.25) is 0 Å². The summed E-state index contributed by atoms with van der Waals surface area (Å²) in [6.45, 7) is 3.26. The van der Waals surface area contributed by atoms with E-state index in [1.54, 1.807) is 12.1 Å². The lowest BCUT2D eigenvalue weighted by atomic mass is 10.1. The van der Waals surface area contributed by atoms with Crippen LogP contribution in [0.5, 0.6) is 0 Å². The topological polar surface area (TPSA) is 12.0 Å². The van der Waals surface area contributed by atoms with Crippen molar-refractivity contribution in [2.45, 2.75) is 43.9 Å². The Morgan fingerprint density at radius 2 is 2.33 bits per heavy atom. The second-order valence-corrected chi connectivity index (χ2v) is 6.54. The van der Waals surface area contributed by atoms with Gasteiger partial charge >= 0.3 is 0 Å². The molecule has 2 rings (SSSR count). The first-order valence-electron chi connectivity index (χ1n) is 6.83. The van der Waals surface area contributed by atoms with Crippen molar-refractivity contribution in [3.05, 3.63) is 35.6 Å². The van der Waals surface area contributed by atoms with Crippen LogP contribution in [0.15, 0.2) is 24.3 Å². The number of thioether (sulfide) groups is 1. The molecule has 0 amide bonds. The van der Waals surface area contributed by atoms with Gasteiger partial charge in [-0.2, -0.15) is 11.8 Å². The van der Waals surface area contributed by atoms with Gasteiger partial charge in [0.2, 0.25) is 0 Å². The van der Waals surface area contributed by atoms with E-state index in [-0.39, 0.29) is 5.82 Å². The third-order valence-corrected chi connectivity index (χ3v) is 4.80. The maximum Gasteiger partial charge on any atom is 0.123 e. The summed E-state index contributed by atoms with van der Waals surface area (Å²) in [7, 11) is 0. The van der Waals surface area contributed by atoms with Crippen molar-refractivity contribution in [1.29, 1.82) is 0 Å². The van der Waals surface area contributed by atoms with Crippen LogP contribution in [0.4, 0.5) is 4.39 Å². The van der Waals surface area contributed by atoms with E-state index in [1.165, 1.54) is 31.1 Å². The molecule has 0 spiro atoms. The molecular weight excluding hydrogens is 245 g/mol. The summed E-state index contributed by atoms with van der Waals surface area (Å²) in [4.78, 5) is 0. The molecule has 0 bridgehead atoms. The molecule has 0 aliphatic carbocycles. The van der Waals surface area contributed by atoms with Gasteiger partial charge in [0.25, 0.3) is 0 Å². The van der Waals surface area contributed by atoms with Crippen LogP contribution in [0.1, 0.15) is 31.7 Å². The Kier molecular flexibility index (Phi) is 5.51. The van der Waals surface area contributed by atoms with Gasteiger partial charge in [0.05, 0.1) is 0 Å². The number of halogens is 1. The number of rotatable bonds is 5. The second-order valence-electron chi connectivity index (χ2n) is 5.13. The average molecular weight is 267 g/mol. The summed E-state index contributed by atoms with van der Waals surface area (Å²) in [6.07, 6.45) is 4.98. The molecule has 3 heteroatoms. The molecule has 1 aliphatic heterocycles. The molecule has 0 radical (unpaired) electrons. The summed E-state index contributed by atoms with van der Waals surface area (Å²) >= 11 is 2.09. The molecule has 100 valence electrons. The van der Waals surface area contributed by atoms with Crippen LogP contribution >= 0.6 is 11.8 Å². The van der Waals surface area contributed by atoms with E-state index in [9.17, 15) is 4.39 Å². The van der Waals surface area contributed by atoms with E-state index in [1.807, 2.05) is 6.07 Å². The molecule has 1 heterocycles. The lowest BCUT2D eigenvalue weighted by molar-refractivity contribution is 0.518. The summed E-state index contributed by atoms with van der Waals surface area (Å²) in [6, 6.07) is 7.33.